The molecule has 6 nitrogen and oxygen atoms in total. The van der Waals surface area contributed by atoms with Gasteiger partial charge in [0.2, 0.25) is 0 Å². The van der Waals surface area contributed by atoms with Gasteiger partial charge in [-0.2, -0.15) is 0 Å². The van der Waals surface area contributed by atoms with Crippen LogP contribution in [0.25, 0.3) is 11.1 Å². The number of aliphatic carboxylic acids is 1. The average molecular weight is 367 g/mol. The van der Waals surface area contributed by atoms with Crippen molar-refractivity contribution in [2.24, 2.45) is 0 Å². The van der Waals surface area contributed by atoms with Crippen LogP contribution in [0.5, 0.6) is 0 Å². The fourth-order valence-corrected chi connectivity index (χ4v) is 4.09. The highest BCUT2D eigenvalue weighted by atomic mass is 16.6. The molecule has 0 bridgehead atoms. The molecule has 2 aromatic carbocycles. The second-order valence-corrected chi connectivity index (χ2v) is 7.04. The number of hydrogen-bond acceptors (Lipinski definition) is 4. The fourth-order valence-electron chi connectivity index (χ4n) is 4.09. The van der Waals surface area contributed by atoms with E-state index in [1.807, 2.05) is 36.4 Å². The van der Waals surface area contributed by atoms with E-state index in [1.54, 1.807) is 0 Å². The van der Waals surface area contributed by atoms with E-state index in [9.17, 15) is 19.8 Å². The summed E-state index contributed by atoms with van der Waals surface area (Å²) in [6, 6.07) is 15.1. The number of carboxylic acids is 1. The molecule has 0 radical (unpaired) electrons. The van der Waals surface area contributed by atoms with Gasteiger partial charge in [-0.25, -0.2) is 9.59 Å². The van der Waals surface area contributed by atoms with Crippen LogP contribution in [0.2, 0.25) is 0 Å². The van der Waals surface area contributed by atoms with Gasteiger partial charge in [0.1, 0.15) is 12.6 Å². The number of carboxylic acid groups (broad SMARTS) is 1. The Bertz CT molecular complexity index is 835. The summed E-state index contributed by atoms with van der Waals surface area (Å²) in [4.78, 5) is 25.1. The van der Waals surface area contributed by atoms with Crippen molar-refractivity contribution in [1.29, 1.82) is 0 Å². The van der Waals surface area contributed by atoms with E-state index in [-0.39, 0.29) is 25.5 Å². The van der Waals surface area contributed by atoms with E-state index in [2.05, 4.69) is 12.1 Å². The molecule has 1 aliphatic heterocycles. The molecule has 6 heteroatoms. The standard InChI is InChI=1S/C21H21NO5/c23-13-9-10-19(20(24)25)22(11-13)21(26)27-12-18-16-7-3-1-5-14(16)15-6-2-4-8-17(15)18/h1-8,13,18-19,23H,9-12H2,(H,24,25)/t13-,19+/m1/s1. The van der Waals surface area contributed by atoms with E-state index < -0.39 is 24.2 Å². The summed E-state index contributed by atoms with van der Waals surface area (Å²) in [5.41, 5.74) is 4.46. The van der Waals surface area contributed by atoms with Gasteiger partial charge in [0, 0.05) is 5.92 Å². The van der Waals surface area contributed by atoms with Gasteiger partial charge in [0.05, 0.1) is 12.6 Å². The maximum Gasteiger partial charge on any atom is 0.410 e. The molecule has 27 heavy (non-hydrogen) atoms. The number of carbonyl (C=O) groups excluding carboxylic acids is 1. The Labute approximate surface area is 157 Å². The van der Waals surface area contributed by atoms with Gasteiger partial charge in [0.25, 0.3) is 0 Å². The van der Waals surface area contributed by atoms with Crippen LogP contribution in [-0.4, -0.2) is 52.5 Å². The molecule has 1 heterocycles. The normalized spacial score (nSPS) is 21.4. The summed E-state index contributed by atoms with van der Waals surface area (Å²) in [5, 5.41) is 19.2. The van der Waals surface area contributed by atoms with Crippen LogP contribution in [0.15, 0.2) is 48.5 Å². The van der Waals surface area contributed by atoms with E-state index in [4.69, 9.17) is 4.74 Å². The predicted molar refractivity (Wildman–Crippen MR) is 98.4 cm³/mol. The number of hydrogen-bond donors (Lipinski definition) is 2. The zero-order valence-corrected chi connectivity index (χ0v) is 14.7. The highest BCUT2D eigenvalue weighted by Gasteiger charge is 2.37. The summed E-state index contributed by atoms with van der Waals surface area (Å²) in [6.07, 6.45) is -0.825. The van der Waals surface area contributed by atoms with Gasteiger partial charge in [-0.05, 0) is 35.1 Å². The van der Waals surface area contributed by atoms with Crippen LogP contribution < -0.4 is 0 Å². The number of fused-ring (bicyclic) bond motifs is 3. The zero-order chi connectivity index (χ0) is 19.0. The number of nitrogens with zero attached hydrogens (tertiary/aromatic N) is 1. The number of likely N-dealkylation sites (tertiary alicyclic amines) is 1. The lowest BCUT2D eigenvalue weighted by Gasteiger charge is -2.34. The van der Waals surface area contributed by atoms with Crippen LogP contribution in [0.1, 0.15) is 29.9 Å². The minimum atomic E-state index is -1.07. The first-order chi connectivity index (χ1) is 13.1. The smallest absolute Gasteiger partial charge is 0.410 e. The monoisotopic (exact) mass is 367 g/mol. The van der Waals surface area contributed by atoms with E-state index in [0.29, 0.717) is 6.42 Å². The Hall–Kier alpha value is -2.86. The number of aliphatic hydroxyl groups excluding tert-OH is 1. The lowest BCUT2D eigenvalue weighted by molar-refractivity contribution is -0.145. The second-order valence-electron chi connectivity index (χ2n) is 7.04. The topological polar surface area (TPSA) is 87.1 Å². The van der Waals surface area contributed by atoms with Crippen LogP contribution in [0, 0.1) is 0 Å². The van der Waals surface area contributed by atoms with Crippen molar-refractivity contribution in [3.05, 3.63) is 59.7 Å². The maximum absolute atomic E-state index is 12.6. The maximum atomic E-state index is 12.6. The van der Waals surface area contributed by atoms with E-state index in [1.165, 1.54) is 0 Å². The van der Waals surface area contributed by atoms with Gasteiger partial charge >= 0.3 is 12.1 Å². The molecule has 0 saturated carbocycles. The quantitative estimate of drug-likeness (QED) is 0.871. The molecule has 1 fully saturated rings. The van der Waals surface area contributed by atoms with Crippen molar-refractivity contribution in [2.75, 3.05) is 13.2 Å². The molecule has 0 aromatic heterocycles. The van der Waals surface area contributed by atoms with Crippen LogP contribution in [0.4, 0.5) is 4.79 Å². The molecule has 0 spiro atoms. The number of piperidine rings is 1. The Kier molecular flexibility index (Phi) is 4.58. The SMILES string of the molecule is O=C(O)[C@@H]1CC[C@@H](O)CN1C(=O)OCC1c2ccccc2-c2ccccc21. The van der Waals surface area contributed by atoms with Crippen molar-refractivity contribution in [3.63, 3.8) is 0 Å². The first-order valence-electron chi connectivity index (χ1n) is 9.08. The molecule has 2 N–H and O–H groups in total. The van der Waals surface area contributed by atoms with E-state index >= 15 is 0 Å². The summed E-state index contributed by atoms with van der Waals surface area (Å²) in [7, 11) is 0. The Morgan fingerprint density at radius 1 is 1.00 bits per heavy atom. The van der Waals surface area contributed by atoms with Crippen LogP contribution in [-0.2, 0) is 9.53 Å². The van der Waals surface area contributed by atoms with Gasteiger partial charge in [-0.1, -0.05) is 48.5 Å². The van der Waals surface area contributed by atoms with Crippen LogP contribution >= 0.6 is 0 Å². The minimum Gasteiger partial charge on any atom is -0.480 e. The van der Waals surface area contributed by atoms with Crippen molar-refractivity contribution in [2.45, 2.75) is 30.9 Å². The Morgan fingerprint density at radius 3 is 2.19 bits per heavy atom. The molecule has 1 saturated heterocycles. The largest absolute Gasteiger partial charge is 0.480 e. The number of amides is 1. The predicted octanol–water partition coefficient (Wildman–Crippen LogP) is 2.85. The van der Waals surface area contributed by atoms with Gasteiger partial charge in [-0.15, -0.1) is 0 Å². The number of ether oxygens (including phenoxy) is 1. The van der Waals surface area contributed by atoms with Gasteiger partial charge < -0.3 is 14.9 Å². The third-order valence-electron chi connectivity index (χ3n) is 5.41. The van der Waals surface area contributed by atoms with Crippen LogP contribution in [0.3, 0.4) is 0 Å². The first-order valence-corrected chi connectivity index (χ1v) is 9.08. The molecule has 1 aliphatic carbocycles. The molecule has 2 atom stereocenters. The Balaban J connectivity index is 1.53. The van der Waals surface area contributed by atoms with Gasteiger partial charge in [0.15, 0.2) is 0 Å². The van der Waals surface area contributed by atoms with E-state index in [0.717, 1.165) is 27.2 Å². The number of aliphatic hydroxyl groups is 1. The molecule has 140 valence electrons. The zero-order valence-electron chi connectivity index (χ0n) is 14.7. The summed E-state index contributed by atoms with van der Waals surface area (Å²) >= 11 is 0. The molecular weight excluding hydrogens is 346 g/mol. The molecule has 4 rings (SSSR count). The van der Waals surface area contributed by atoms with Crippen molar-refractivity contribution >= 4 is 12.1 Å². The third-order valence-corrected chi connectivity index (χ3v) is 5.41. The number of benzene rings is 2. The summed E-state index contributed by atoms with van der Waals surface area (Å²) in [6.45, 7) is 0.111. The summed E-state index contributed by atoms with van der Waals surface area (Å²) in [5.74, 6) is -1.16. The van der Waals surface area contributed by atoms with Crippen molar-refractivity contribution < 1.29 is 24.5 Å². The van der Waals surface area contributed by atoms with Crippen molar-refractivity contribution in [3.8, 4) is 11.1 Å². The van der Waals surface area contributed by atoms with Crippen molar-refractivity contribution in [1.82, 2.24) is 4.90 Å². The third kappa shape index (κ3) is 3.17. The lowest BCUT2D eigenvalue weighted by atomic mass is 9.98. The molecule has 2 aromatic rings. The summed E-state index contributed by atoms with van der Waals surface area (Å²) < 4.78 is 5.52. The number of rotatable bonds is 3. The lowest BCUT2D eigenvalue weighted by Crippen LogP contribution is -2.52. The average Bonchev–Trinajstić information content (AvgIpc) is 3.00. The fraction of sp³-hybridized carbons (Fsp3) is 0.333. The molecule has 2 aliphatic rings. The molecule has 1 amide bonds. The second kappa shape index (κ2) is 7.04. The highest BCUT2D eigenvalue weighted by molar-refractivity contribution is 5.81. The van der Waals surface area contributed by atoms with Gasteiger partial charge in [-0.3, -0.25) is 4.90 Å². The Morgan fingerprint density at radius 2 is 1.59 bits per heavy atom. The first kappa shape index (κ1) is 17.5. The highest BCUT2D eigenvalue weighted by Crippen LogP contribution is 2.44. The number of carbonyl (C=O) groups is 2. The number of β-amino-alcohol motifs (C(OH)–C–C–N with tert-alkyl or cyclic N) is 1. The molecule has 0 unspecified atom stereocenters. The molecular formula is C21H21NO5. The minimum absolute atomic E-state index is 0.0202.